The fraction of sp³-hybridized carbons (Fsp3) is 0.636. The second-order valence-electron chi connectivity index (χ2n) is 4.45. The summed E-state index contributed by atoms with van der Waals surface area (Å²) in [5.74, 6) is 0.200. The molecule has 1 fully saturated rings. The maximum absolute atomic E-state index is 11.1. The number of hydrogen-bond donors (Lipinski definition) is 1. The summed E-state index contributed by atoms with van der Waals surface area (Å²) in [5.41, 5.74) is -0.287. The third kappa shape index (κ3) is 2.93. The van der Waals surface area contributed by atoms with Crippen LogP contribution >= 0.6 is 11.6 Å². The third-order valence-electron chi connectivity index (χ3n) is 3.32. The highest BCUT2D eigenvalue weighted by atomic mass is 35.5. The third-order valence-corrected chi connectivity index (χ3v) is 3.60. The van der Waals surface area contributed by atoms with Gasteiger partial charge in [0.2, 0.25) is 11.0 Å². The zero-order valence-electron chi connectivity index (χ0n) is 10.3. The van der Waals surface area contributed by atoms with Gasteiger partial charge in [0.15, 0.2) is 0 Å². The van der Waals surface area contributed by atoms with Gasteiger partial charge in [-0.15, -0.1) is 0 Å². The summed E-state index contributed by atoms with van der Waals surface area (Å²) in [6, 6.07) is 0.164. The molecule has 0 unspecified atom stereocenters. The maximum Gasteiger partial charge on any atom is 0.348 e. The monoisotopic (exact) mass is 286 g/mol. The zero-order valence-corrected chi connectivity index (χ0v) is 11.1. The van der Waals surface area contributed by atoms with E-state index in [1.807, 2.05) is 0 Å². The summed E-state index contributed by atoms with van der Waals surface area (Å²) in [4.78, 5) is 20.0. The highest BCUT2D eigenvalue weighted by Gasteiger charge is 2.31. The van der Waals surface area contributed by atoms with Crippen molar-refractivity contribution in [3.05, 3.63) is 21.6 Å². The molecule has 7 nitrogen and oxygen atoms in total. The first-order valence-corrected chi connectivity index (χ1v) is 6.55. The van der Waals surface area contributed by atoms with Crippen molar-refractivity contribution in [2.24, 2.45) is 0 Å². The lowest BCUT2D eigenvalue weighted by atomic mass is 10.2. The van der Waals surface area contributed by atoms with Crippen LogP contribution in [0.4, 0.5) is 11.5 Å². The van der Waals surface area contributed by atoms with Crippen LogP contribution < -0.4 is 4.90 Å². The second kappa shape index (κ2) is 6.12. The highest BCUT2D eigenvalue weighted by Crippen LogP contribution is 2.35. The number of anilines is 1. The topological polar surface area (TPSA) is 92.4 Å². The molecule has 0 atom stereocenters. The van der Waals surface area contributed by atoms with E-state index in [1.165, 1.54) is 6.33 Å². The van der Waals surface area contributed by atoms with Gasteiger partial charge in [-0.05, 0) is 12.8 Å². The average Bonchev–Trinajstić information content (AvgIpc) is 2.88. The summed E-state index contributed by atoms with van der Waals surface area (Å²) < 4.78 is 0. The van der Waals surface area contributed by atoms with Crippen LogP contribution in [0.5, 0.6) is 0 Å². The SMILES string of the molecule is O=[N+]([O-])c1c(Cl)ncnc1N(CCO)C1CCCC1. The van der Waals surface area contributed by atoms with E-state index in [2.05, 4.69) is 9.97 Å². The minimum Gasteiger partial charge on any atom is -0.395 e. The van der Waals surface area contributed by atoms with Gasteiger partial charge in [-0.25, -0.2) is 9.97 Å². The Hall–Kier alpha value is -1.47. The van der Waals surface area contributed by atoms with Gasteiger partial charge in [0, 0.05) is 12.6 Å². The van der Waals surface area contributed by atoms with Crippen LogP contribution in [0.25, 0.3) is 0 Å². The summed E-state index contributed by atoms with van der Waals surface area (Å²) in [7, 11) is 0. The molecule has 104 valence electrons. The molecule has 0 spiro atoms. The van der Waals surface area contributed by atoms with E-state index in [4.69, 9.17) is 16.7 Å². The number of aliphatic hydroxyl groups excluding tert-OH is 1. The minimum atomic E-state index is -0.572. The molecular weight excluding hydrogens is 272 g/mol. The van der Waals surface area contributed by atoms with Crippen molar-refractivity contribution < 1.29 is 10.0 Å². The normalized spacial score (nSPS) is 15.7. The largest absolute Gasteiger partial charge is 0.395 e. The average molecular weight is 287 g/mol. The lowest BCUT2D eigenvalue weighted by Crippen LogP contribution is -2.36. The molecule has 0 aromatic carbocycles. The summed E-state index contributed by atoms with van der Waals surface area (Å²) in [6.45, 7) is 0.216. The summed E-state index contributed by atoms with van der Waals surface area (Å²) in [6.07, 6.45) is 5.26. The molecule has 0 aliphatic heterocycles. The zero-order chi connectivity index (χ0) is 13.8. The van der Waals surface area contributed by atoms with E-state index in [0.717, 1.165) is 25.7 Å². The van der Waals surface area contributed by atoms with E-state index >= 15 is 0 Å². The van der Waals surface area contributed by atoms with Crippen LogP contribution in [-0.4, -0.2) is 39.2 Å². The lowest BCUT2D eigenvalue weighted by molar-refractivity contribution is -0.384. The van der Waals surface area contributed by atoms with Crippen LogP contribution in [-0.2, 0) is 0 Å². The molecular formula is C11H15ClN4O3. The van der Waals surface area contributed by atoms with Crippen molar-refractivity contribution >= 4 is 23.1 Å². The Morgan fingerprint density at radius 3 is 2.74 bits per heavy atom. The van der Waals surface area contributed by atoms with E-state index in [1.54, 1.807) is 4.90 Å². The molecule has 1 aliphatic carbocycles. The second-order valence-corrected chi connectivity index (χ2v) is 4.81. The number of rotatable bonds is 5. The first-order valence-electron chi connectivity index (χ1n) is 6.17. The van der Waals surface area contributed by atoms with Gasteiger partial charge < -0.3 is 10.0 Å². The van der Waals surface area contributed by atoms with Crippen LogP contribution in [0, 0.1) is 10.1 Å². The molecule has 0 saturated heterocycles. The Balaban J connectivity index is 2.40. The first kappa shape index (κ1) is 14.0. The molecule has 0 bridgehead atoms. The molecule has 1 aromatic heterocycles. The summed E-state index contributed by atoms with van der Waals surface area (Å²) >= 11 is 5.79. The van der Waals surface area contributed by atoms with Gasteiger partial charge in [0.1, 0.15) is 6.33 Å². The fourth-order valence-corrected chi connectivity index (χ4v) is 2.70. The van der Waals surface area contributed by atoms with Crippen molar-refractivity contribution in [1.29, 1.82) is 0 Å². The molecule has 1 saturated carbocycles. The molecule has 1 N–H and O–H groups in total. The van der Waals surface area contributed by atoms with Crippen molar-refractivity contribution in [3.8, 4) is 0 Å². The molecule has 2 rings (SSSR count). The molecule has 1 heterocycles. The molecule has 19 heavy (non-hydrogen) atoms. The highest BCUT2D eigenvalue weighted by molar-refractivity contribution is 6.31. The van der Waals surface area contributed by atoms with Crippen LogP contribution in [0.15, 0.2) is 6.33 Å². The number of hydrogen-bond acceptors (Lipinski definition) is 6. The number of aromatic nitrogens is 2. The van der Waals surface area contributed by atoms with Crippen molar-refractivity contribution in [2.75, 3.05) is 18.1 Å². The van der Waals surface area contributed by atoms with Gasteiger partial charge in [-0.3, -0.25) is 10.1 Å². The van der Waals surface area contributed by atoms with E-state index in [-0.39, 0.29) is 29.3 Å². The van der Waals surface area contributed by atoms with Crippen molar-refractivity contribution in [1.82, 2.24) is 9.97 Å². The molecule has 8 heteroatoms. The standard InChI is InChI=1S/C11H15ClN4O3/c12-10-9(16(18)19)11(14-7-13-10)15(5-6-17)8-3-1-2-4-8/h7-8,17H,1-6H2. The summed E-state index contributed by atoms with van der Waals surface area (Å²) in [5, 5.41) is 20.1. The van der Waals surface area contributed by atoms with Crippen LogP contribution in [0.3, 0.4) is 0 Å². The van der Waals surface area contributed by atoms with Crippen molar-refractivity contribution in [2.45, 2.75) is 31.7 Å². The Labute approximate surface area is 115 Å². The van der Waals surface area contributed by atoms with E-state index in [9.17, 15) is 10.1 Å². The van der Waals surface area contributed by atoms with E-state index < -0.39 is 4.92 Å². The van der Waals surface area contributed by atoms with Gasteiger partial charge in [0.05, 0.1) is 11.5 Å². The Morgan fingerprint density at radius 2 is 2.16 bits per heavy atom. The quantitative estimate of drug-likeness (QED) is 0.504. The molecule has 1 aromatic rings. The Bertz CT molecular complexity index is 465. The van der Waals surface area contributed by atoms with Crippen LogP contribution in [0.2, 0.25) is 5.15 Å². The Morgan fingerprint density at radius 1 is 1.47 bits per heavy atom. The number of aliphatic hydroxyl groups is 1. The predicted octanol–water partition coefficient (Wildman–Crippen LogP) is 1.78. The number of nitrogens with zero attached hydrogens (tertiary/aromatic N) is 4. The molecule has 1 aliphatic rings. The van der Waals surface area contributed by atoms with Gasteiger partial charge in [-0.1, -0.05) is 24.4 Å². The number of nitro groups is 1. The Kier molecular flexibility index (Phi) is 4.49. The smallest absolute Gasteiger partial charge is 0.348 e. The molecule has 0 amide bonds. The maximum atomic E-state index is 11.1. The predicted molar refractivity (Wildman–Crippen MR) is 70.4 cm³/mol. The first-order chi connectivity index (χ1) is 9.15. The number of halogens is 1. The fourth-order valence-electron chi connectivity index (χ4n) is 2.50. The molecule has 0 radical (unpaired) electrons. The van der Waals surface area contributed by atoms with Crippen LogP contribution in [0.1, 0.15) is 25.7 Å². The van der Waals surface area contributed by atoms with Crippen molar-refractivity contribution in [3.63, 3.8) is 0 Å². The van der Waals surface area contributed by atoms with E-state index in [0.29, 0.717) is 6.54 Å². The van der Waals surface area contributed by atoms with Gasteiger partial charge in [-0.2, -0.15) is 0 Å². The van der Waals surface area contributed by atoms with Gasteiger partial charge in [0.25, 0.3) is 0 Å². The lowest BCUT2D eigenvalue weighted by Gasteiger charge is -2.28. The van der Waals surface area contributed by atoms with Gasteiger partial charge >= 0.3 is 5.69 Å². The minimum absolute atomic E-state index is 0.0880.